The molecule has 1 saturated heterocycles. The third-order valence-corrected chi connectivity index (χ3v) is 6.91. The van der Waals surface area contributed by atoms with Crippen LogP contribution < -0.4 is 10.2 Å². The Balaban J connectivity index is 1.46. The SMILES string of the molecule is CC(C)CN(Cc1ccc(C(F)(F)F)cc1)c1ccc(NC(=O)[C@H]2CCCCN2C(=O)Cn2cnnn2)cc1Cl. The summed E-state index contributed by atoms with van der Waals surface area (Å²) in [5.74, 6) is -0.293. The summed E-state index contributed by atoms with van der Waals surface area (Å²) >= 11 is 6.66. The molecule has 2 aromatic carbocycles. The van der Waals surface area contributed by atoms with E-state index in [-0.39, 0.29) is 24.3 Å². The second-order valence-corrected chi connectivity index (χ2v) is 10.6. The highest BCUT2D eigenvalue weighted by molar-refractivity contribution is 6.33. The summed E-state index contributed by atoms with van der Waals surface area (Å²) in [5.41, 5.74) is 1.20. The lowest BCUT2D eigenvalue weighted by Crippen LogP contribution is -2.51. The smallest absolute Gasteiger partial charge is 0.366 e. The fourth-order valence-electron chi connectivity index (χ4n) is 4.76. The van der Waals surface area contributed by atoms with Crippen molar-refractivity contribution in [2.24, 2.45) is 5.92 Å². The summed E-state index contributed by atoms with van der Waals surface area (Å²) in [6, 6.07) is 9.61. The van der Waals surface area contributed by atoms with Gasteiger partial charge in [0.1, 0.15) is 18.9 Å². The van der Waals surface area contributed by atoms with Crippen molar-refractivity contribution in [3.63, 3.8) is 0 Å². The number of anilines is 2. The molecule has 1 atom stereocenters. The normalized spacial score (nSPS) is 15.8. The number of nitrogens with one attached hydrogen (secondary N) is 1. The molecule has 2 heterocycles. The van der Waals surface area contributed by atoms with E-state index < -0.39 is 17.8 Å². The highest BCUT2D eigenvalue weighted by Gasteiger charge is 2.33. The van der Waals surface area contributed by atoms with Crippen LogP contribution in [0.25, 0.3) is 0 Å². The third kappa shape index (κ3) is 7.50. The molecule has 1 N–H and O–H groups in total. The van der Waals surface area contributed by atoms with Gasteiger partial charge in [-0.15, -0.1) is 5.10 Å². The van der Waals surface area contributed by atoms with Crippen LogP contribution in [0.2, 0.25) is 5.02 Å². The predicted molar refractivity (Wildman–Crippen MR) is 145 cm³/mol. The van der Waals surface area contributed by atoms with Gasteiger partial charge >= 0.3 is 6.18 Å². The van der Waals surface area contributed by atoms with Crippen LogP contribution in [0.15, 0.2) is 48.8 Å². The average Bonchev–Trinajstić information content (AvgIpc) is 3.41. The quantitative estimate of drug-likeness (QED) is 0.383. The zero-order valence-corrected chi connectivity index (χ0v) is 23.0. The maximum atomic E-state index is 13.2. The van der Waals surface area contributed by atoms with E-state index in [0.29, 0.717) is 48.0 Å². The number of amides is 2. The van der Waals surface area contributed by atoms with Gasteiger partial charge in [0.15, 0.2) is 0 Å². The van der Waals surface area contributed by atoms with Crippen LogP contribution in [0.4, 0.5) is 24.5 Å². The van der Waals surface area contributed by atoms with Crippen LogP contribution in [0, 0.1) is 5.92 Å². The molecule has 0 aliphatic carbocycles. The number of hydrogen-bond acceptors (Lipinski definition) is 6. The molecule has 0 saturated carbocycles. The zero-order valence-electron chi connectivity index (χ0n) is 22.2. The first kappa shape index (κ1) is 29.3. The van der Waals surface area contributed by atoms with Gasteiger partial charge in [-0.1, -0.05) is 37.6 Å². The van der Waals surface area contributed by atoms with Gasteiger partial charge in [0.2, 0.25) is 11.8 Å². The van der Waals surface area contributed by atoms with Crippen molar-refractivity contribution in [1.29, 1.82) is 0 Å². The Kier molecular flexibility index (Phi) is 9.28. The third-order valence-electron chi connectivity index (χ3n) is 6.61. The summed E-state index contributed by atoms with van der Waals surface area (Å²) in [4.78, 5) is 29.6. The summed E-state index contributed by atoms with van der Waals surface area (Å²) in [7, 11) is 0. The van der Waals surface area contributed by atoms with Crippen LogP contribution in [0.1, 0.15) is 44.2 Å². The van der Waals surface area contributed by atoms with Crippen LogP contribution in [-0.4, -0.2) is 56.1 Å². The second kappa shape index (κ2) is 12.7. The van der Waals surface area contributed by atoms with Crippen molar-refractivity contribution in [1.82, 2.24) is 25.1 Å². The van der Waals surface area contributed by atoms with E-state index in [4.69, 9.17) is 11.6 Å². The Morgan fingerprint density at radius 1 is 1.15 bits per heavy atom. The first-order valence-corrected chi connectivity index (χ1v) is 13.4. The molecule has 0 spiro atoms. The van der Waals surface area contributed by atoms with E-state index in [1.54, 1.807) is 23.1 Å². The molecule has 0 radical (unpaired) electrons. The summed E-state index contributed by atoms with van der Waals surface area (Å²) in [6.45, 7) is 5.47. The molecule has 214 valence electrons. The Morgan fingerprint density at radius 3 is 2.52 bits per heavy atom. The summed E-state index contributed by atoms with van der Waals surface area (Å²) in [5, 5.41) is 14.1. The average molecular weight is 578 g/mol. The van der Waals surface area contributed by atoms with Crippen molar-refractivity contribution in [3.05, 3.63) is 64.9 Å². The monoisotopic (exact) mass is 577 g/mol. The Labute approximate surface area is 235 Å². The van der Waals surface area contributed by atoms with Gasteiger partial charge in [-0.3, -0.25) is 9.59 Å². The van der Waals surface area contributed by atoms with Gasteiger partial charge in [0.05, 0.1) is 16.3 Å². The first-order valence-electron chi connectivity index (χ1n) is 13.0. The van der Waals surface area contributed by atoms with Gasteiger partial charge < -0.3 is 15.1 Å². The largest absolute Gasteiger partial charge is 0.416 e. The molecular weight excluding hydrogens is 547 g/mol. The number of carbonyl (C=O) groups is 2. The molecule has 9 nitrogen and oxygen atoms in total. The van der Waals surface area contributed by atoms with Crippen molar-refractivity contribution in [2.75, 3.05) is 23.3 Å². The predicted octanol–water partition coefficient (Wildman–Crippen LogP) is 5.03. The molecule has 13 heteroatoms. The van der Waals surface area contributed by atoms with E-state index in [9.17, 15) is 22.8 Å². The van der Waals surface area contributed by atoms with E-state index in [1.165, 1.54) is 23.1 Å². The van der Waals surface area contributed by atoms with Gasteiger partial charge in [0, 0.05) is 25.3 Å². The number of tetrazole rings is 1. The fourth-order valence-corrected chi connectivity index (χ4v) is 5.06. The van der Waals surface area contributed by atoms with Crippen LogP contribution in [0.5, 0.6) is 0 Å². The Bertz CT molecular complexity index is 1300. The number of aromatic nitrogens is 4. The fraction of sp³-hybridized carbons (Fsp3) is 0.444. The maximum absolute atomic E-state index is 13.2. The molecule has 0 unspecified atom stereocenters. The summed E-state index contributed by atoms with van der Waals surface area (Å²) < 4.78 is 40.2. The topological polar surface area (TPSA) is 96.2 Å². The van der Waals surface area contributed by atoms with E-state index in [2.05, 4.69) is 20.8 Å². The van der Waals surface area contributed by atoms with Crippen LogP contribution >= 0.6 is 11.6 Å². The molecule has 40 heavy (non-hydrogen) atoms. The first-order chi connectivity index (χ1) is 19.0. The lowest BCUT2D eigenvalue weighted by Gasteiger charge is -2.34. The van der Waals surface area contributed by atoms with Gasteiger partial charge in [-0.05, 0) is 71.5 Å². The number of benzene rings is 2. The van der Waals surface area contributed by atoms with Crippen LogP contribution in [0.3, 0.4) is 0 Å². The number of halogens is 4. The van der Waals surface area contributed by atoms with Gasteiger partial charge in [0.25, 0.3) is 0 Å². The molecule has 3 aromatic rings. The van der Waals surface area contributed by atoms with Crippen molar-refractivity contribution >= 4 is 34.8 Å². The maximum Gasteiger partial charge on any atom is 0.416 e. The minimum Gasteiger partial charge on any atom is -0.366 e. The number of carbonyl (C=O) groups excluding carboxylic acids is 2. The van der Waals surface area contributed by atoms with Crippen molar-refractivity contribution < 1.29 is 22.8 Å². The molecule has 0 bridgehead atoms. The lowest BCUT2D eigenvalue weighted by atomic mass is 10.0. The van der Waals surface area contributed by atoms with Crippen molar-refractivity contribution in [3.8, 4) is 0 Å². The molecule has 2 amide bonds. The molecule has 4 rings (SSSR count). The molecule has 1 aromatic heterocycles. The minimum absolute atomic E-state index is 0.0536. The highest BCUT2D eigenvalue weighted by Crippen LogP contribution is 2.33. The standard InChI is InChI=1S/C27H31ClF3N7O2/c1-18(2)14-36(15-19-6-8-20(9-7-19)27(29,30)31)23-11-10-21(13-22(23)28)33-26(40)24-5-3-4-12-38(24)25(39)16-37-17-32-34-35-37/h6-11,13,17-18,24H,3-5,12,14-16H2,1-2H3,(H,33,40)/t24-/m1/s1. The molecule has 1 aliphatic rings. The molecule has 1 fully saturated rings. The number of alkyl halides is 3. The number of rotatable bonds is 9. The zero-order chi connectivity index (χ0) is 28.9. The molecular formula is C27H31ClF3N7O2. The number of piperidine rings is 1. The Morgan fingerprint density at radius 2 is 1.90 bits per heavy atom. The lowest BCUT2D eigenvalue weighted by molar-refractivity contribution is -0.141. The minimum atomic E-state index is -4.39. The van der Waals surface area contributed by atoms with E-state index in [0.717, 1.165) is 25.0 Å². The van der Waals surface area contributed by atoms with E-state index in [1.807, 2.05) is 18.7 Å². The summed E-state index contributed by atoms with van der Waals surface area (Å²) in [6.07, 6.45) is -0.887. The number of likely N-dealkylation sites (tertiary alicyclic amines) is 1. The number of nitrogens with zero attached hydrogens (tertiary/aromatic N) is 6. The number of hydrogen-bond donors (Lipinski definition) is 1. The Hall–Kier alpha value is -3.67. The van der Waals surface area contributed by atoms with Crippen molar-refractivity contribution in [2.45, 2.75) is 58.4 Å². The van der Waals surface area contributed by atoms with Gasteiger partial charge in [-0.2, -0.15) is 13.2 Å². The van der Waals surface area contributed by atoms with Crippen LogP contribution in [-0.2, 0) is 28.9 Å². The van der Waals surface area contributed by atoms with E-state index >= 15 is 0 Å². The van der Waals surface area contributed by atoms with Gasteiger partial charge in [-0.25, -0.2) is 4.68 Å². The molecule has 1 aliphatic heterocycles. The highest BCUT2D eigenvalue weighted by atomic mass is 35.5. The second-order valence-electron chi connectivity index (χ2n) is 10.2.